The maximum absolute atomic E-state index is 13.2. The predicted octanol–water partition coefficient (Wildman–Crippen LogP) is 4.15. The van der Waals surface area contributed by atoms with E-state index in [-0.39, 0.29) is 6.04 Å². The summed E-state index contributed by atoms with van der Waals surface area (Å²) in [7, 11) is 1.89. The lowest BCUT2D eigenvalue weighted by Gasteiger charge is -2.16. The molecule has 4 heteroatoms. The lowest BCUT2D eigenvalue weighted by atomic mass is 9.99. The van der Waals surface area contributed by atoms with Crippen molar-refractivity contribution in [2.24, 2.45) is 0 Å². The first kappa shape index (κ1) is 14.2. The van der Waals surface area contributed by atoms with Crippen molar-refractivity contribution in [1.29, 1.82) is 0 Å². The van der Waals surface area contributed by atoms with Gasteiger partial charge in [0.2, 0.25) is 0 Å². The third kappa shape index (κ3) is 3.19. The van der Waals surface area contributed by atoms with Crippen LogP contribution in [0, 0.1) is 25.5 Å². The first-order chi connectivity index (χ1) is 9.01. The van der Waals surface area contributed by atoms with Gasteiger partial charge in [-0.05, 0) is 56.6 Å². The molecular formula is C15H17F2NS. The van der Waals surface area contributed by atoms with Crippen molar-refractivity contribution >= 4 is 11.3 Å². The van der Waals surface area contributed by atoms with E-state index in [9.17, 15) is 8.78 Å². The number of thiophene rings is 1. The molecular weight excluding hydrogens is 264 g/mol. The van der Waals surface area contributed by atoms with Crippen LogP contribution in [0.2, 0.25) is 0 Å². The van der Waals surface area contributed by atoms with Gasteiger partial charge >= 0.3 is 0 Å². The second-order valence-electron chi connectivity index (χ2n) is 4.66. The minimum Gasteiger partial charge on any atom is -0.313 e. The number of nitrogens with one attached hydrogen (secondary N) is 1. The number of halogens is 2. The summed E-state index contributed by atoms with van der Waals surface area (Å²) in [5.74, 6) is -1.59. The maximum Gasteiger partial charge on any atom is 0.159 e. The van der Waals surface area contributed by atoms with Crippen molar-refractivity contribution in [3.05, 3.63) is 56.8 Å². The third-order valence-corrected chi connectivity index (χ3v) is 4.21. The quantitative estimate of drug-likeness (QED) is 0.888. The fourth-order valence-corrected chi connectivity index (χ4v) is 3.25. The molecule has 1 atom stereocenters. The molecule has 0 aliphatic rings. The van der Waals surface area contributed by atoms with Crippen LogP contribution in [0.5, 0.6) is 0 Å². The van der Waals surface area contributed by atoms with Crippen molar-refractivity contribution in [2.75, 3.05) is 7.05 Å². The zero-order valence-corrected chi connectivity index (χ0v) is 12.1. The molecule has 1 unspecified atom stereocenters. The molecule has 0 amide bonds. The summed E-state index contributed by atoms with van der Waals surface area (Å²) in [5, 5.41) is 3.25. The molecule has 0 spiro atoms. The minimum absolute atomic E-state index is 0.120. The van der Waals surface area contributed by atoms with E-state index in [4.69, 9.17) is 0 Å². The van der Waals surface area contributed by atoms with Crippen LogP contribution in [0.25, 0.3) is 0 Å². The Kier molecular flexibility index (Phi) is 4.32. The highest BCUT2D eigenvalue weighted by Gasteiger charge is 2.15. The van der Waals surface area contributed by atoms with Crippen molar-refractivity contribution in [3.8, 4) is 0 Å². The average molecular weight is 281 g/mol. The van der Waals surface area contributed by atoms with Gasteiger partial charge in [-0.25, -0.2) is 8.78 Å². The molecule has 1 N–H and O–H groups in total. The molecule has 1 aromatic carbocycles. The Hall–Kier alpha value is -1.26. The number of hydrogen-bond acceptors (Lipinski definition) is 2. The molecule has 2 rings (SSSR count). The van der Waals surface area contributed by atoms with Crippen molar-refractivity contribution in [3.63, 3.8) is 0 Å². The average Bonchev–Trinajstić information content (AvgIpc) is 2.70. The molecule has 0 saturated heterocycles. The summed E-state index contributed by atoms with van der Waals surface area (Å²) in [4.78, 5) is 2.53. The standard InChI is InChI=1S/C15H17F2NS/c1-9-6-12(10(2)19-9)15(18-3)8-11-4-5-13(16)14(17)7-11/h4-7,15,18H,8H2,1-3H3. The summed E-state index contributed by atoms with van der Waals surface area (Å²) in [5.41, 5.74) is 2.02. The topological polar surface area (TPSA) is 12.0 Å². The van der Waals surface area contributed by atoms with Crippen LogP contribution >= 0.6 is 11.3 Å². The second-order valence-corrected chi connectivity index (χ2v) is 6.12. The normalized spacial score (nSPS) is 12.7. The van der Waals surface area contributed by atoms with Gasteiger partial charge < -0.3 is 5.32 Å². The van der Waals surface area contributed by atoms with Gasteiger partial charge in [0.05, 0.1) is 0 Å². The van der Waals surface area contributed by atoms with Gasteiger partial charge in [0.25, 0.3) is 0 Å². The number of rotatable bonds is 4. The lowest BCUT2D eigenvalue weighted by Crippen LogP contribution is -2.19. The van der Waals surface area contributed by atoms with Gasteiger partial charge in [0.15, 0.2) is 11.6 Å². The van der Waals surface area contributed by atoms with Crippen LogP contribution in [-0.4, -0.2) is 7.05 Å². The fraction of sp³-hybridized carbons (Fsp3) is 0.333. The zero-order chi connectivity index (χ0) is 14.0. The minimum atomic E-state index is -0.799. The maximum atomic E-state index is 13.2. The summed E-state index contributed by atoms with van der Waals surface area (Å²) in [6, 6.07) is 6.37. The van der Waals surface area contributed by atoms with E-state index in [0.29, 0.717) is 6.42 Å². The number of likely N-dealkylation sites (N-methyl/N-ethyl adjacent to an activating group) is 1. The van der Waals surface area contributed by atoms with Crippen molar-refractivity contribution < 1.29 is 8.78 Å². The van der Waals surface area contributed by atoms with Crippen LogP contribution in [0.3, 0.4) is 0 Å². The molecule has 19 heavy (non-hydrogen) atoms. The lowest BCUT2D eigenvalue weighted by molar-refractivity contribution is 0.504. The molecule has 0 fully saturated rings. The summed E-state index contributed by atoms with van der Waals surface area (Å²) in [6.45, 7) is 4.16. The largest absolute Gasteiger partial charge is 0.313 e. The Morgan fingerprint density at radius 2 is 1.89 bits per heavy atom. The van der Waals surface area contributed by atoms with E-state index in [0.717, 1.165) is 5.56 Å². The Balaban J connectivity index is 2.23. The van der Waals surface area contributed by atoms with E-state index in [2.05, 4.69) is 25.2 Å². The zero-order valence-electron chi connectivity index (χ0n) is 11.3. The number of aryl methyl sites for hydroxylation is 2. The van der Waals surface area contributed by atoms with E-state index in [1.54, 1.807) is 17.4 Å². The SMILES string of the molecule is CNC(Cc1ccc(F)c(F)c1)c1cc(C)sc1C. The van der Waals surface area contributed by atoms with Gasteiger partial charge in [-0.1, -0.05) is 6.07 Å². The first-order valence-corrected chi connectivity index (χ1v) is 7.01. The van der Waals surface area contributed by atoms with E-state index >= 15 is 0 Å². The van der Waals surface area contributed by atoms with Crippen LogP contribution < -0.4 is 5.32 Å². The smallest absolute Gasteiger partial charge is 0.159 e. The van der Waals surface area contributed by atoms with Crippen LogP contribution in [0.4, 0.5) is 8.78 Å². The molecule has 1 aromatic heterocycles. The number of benzene rings is 1. The monoisotopic (exact) mass is 281 g/mol. The van der Waals surface area contributed by atoms with E-state index in [1.165, 1.54) is 27.5 Å². The van der Waals surface area contributed by atoms with Gasteiger partial charge in [-0.15, -0.1) is 11.3 Å². The van der Waals surface area contributed by atoms with Crippen molar-refractivity contribution in [1.82, 2.24) is 5.32 Å². The van der Waals surface area contributed by atoms with E-state index in [1.807, 2.05) is 7.05 Å². The van der Waals surface area contributed by atoms with Gasteiger partial charge in [-0.2, -0.15) is 0 Å². The van der Waals surface area contributed by atoms with Crippen LogP contribution in [0.15, 0.2) is 24.3 Å². The van der Waals surface area contributed by atoms with E-state index < -0.39 is 11.6 Å². The summed E-state index contributed by atoms with van der Waals surface area (Å²) >= 11 is 1.76. The molecule has 0 radical (unpaired) electrons. The third-order valence-electron chi connectivity index (χ3n) is 3.23. The van der Waals surface area contributed by atoms with Gasteiger partial charge in [-0.3, -0.25) is 0 Å². The number of hydrogen-bond donors (Lipinski definition) is 1. The van der Waals surface area contributed by atoms with Crippen LogP contribution in [0.1, 0.15) is 26.9 Å². The molecule has 102 valence electrons. The predicted molar refractivity (Wildman–Crippen MR) is 75.7 cm³/mol. The molecule has 2 aromatic rings. The molecule has 1 heterocycles. The summed E-state index contributed by atoms with van der Waals surface area (Å²) in [6.07, 6.45) is 0.644. The summed E-state index contributed by atoms with van der Waals surface area (Å²) < 4.78 is 26.1. The van der Waals surface area contributed by atoms with Gasteiger partial charge in [0.1, 0.15) is 0 Å². The molecule has 0 bridgehead atoms. The van der Waals surface area contributed by atoms with Gasteiger partial charge in [0, 0.05) is 15.8 Å². The highest BCUT2D eigenvalue weighted by molar-refractivity contribution is 7.12. The molecule has 0 saturated carbocycles. The van der Waals surface area contributed by atoms with Crippen LogP contribution in [-0.2, 0) is 6.42 Å². The first-order valence-electron chi connectivity index (χ1n) is 6.19. The Labute approximate surface area is 116 Å². The second kappa shape index (κ2) is 5.80. The fourth-order valence-electron chi connectivity index (χ4n) is 2.27. The Bertz CT molecular complexity index is 578. The Morgan fingerprint density at radius 3 is 2.42 bits per heavy atom. The van der Waals surface area contributed by atoms with Crippen molar-refractivity contribution in [2.45, 2.75) is 26.3 Å². The Morgan fingerprint density at radius 1 is 1.16 bits per heavy atom. The highest BCUT2D eigenvalue weighted by Crippen LogP contribution is 2.28. The highest BCUT2D eigenvalue weighted by atomic mass is 32.1. The molecule has 0 aliphatic carbocycles. The molecule has 1 nitrogen and oxygen atoms in total. The molecule has 0 aliphatic heterocycles.